The van der Waals surface area contributed by atoms with E-state index in [1.165, 1.54) is 18.0 Å². The molecule has 0 bridgehead atoms. The van der Waals surface area contributed by atoms with Gasteiger partial charge in [0.15, 0.2) is 0 Å². The van der Waals surface area contributed by atoms with Gasteiger partial charge in [-0.05, 0) is 18.7 Å². The quantitative estimate of drug-likeness (QED) is 0.473. The van der Waals surface area contributed by atoms with Gasteiger partial charge < -0.3 is 4.90 Å². The molecule has 0 spiro atoms. The highest BCUT2D eigenvalue weighted by Crippen LogP contribution is 2.21. The lowest BCUT2D eigenvalue weighted by atomic mass is 10.2. The summed E-state index contributed by atoms with van der Waals surface area (Å²) in [5.74, 6) is -0.994. The molecule has 0 heterocycles. The molecular weight excluding hydrogens is 268 g/mol. The summed E-state index contributed by atoms with van der Waals surface area (Å²) in [5, 5.41) is 10.4. The van der Waals surface area contributed by atoms with Crippen LogP contribution in [0.5, 0.6) is 0 Å². The van der Waals surface area contributed by atoms with Gasteiger partial charge in [0.2, 0.25) is 5.82 Å². The Morgan fingerprint density at radius 2 is 2.00 bits per heavy atom. The number of rotatable bonds is 5. The average Bonchev–Trinajstić information content (AvgIpc) is 2.25. The topological polar surface area (TPSA) is 46.4 Å². The number of hydrogen-bond donors (Lipinski definition) is 0. The zero-order chi connectivity index (χ0) is 14.6. The van der Waals surface area contributed by atoms with Gasteiger partial charge in [0, 0.05) is 19.2 Å². The van der Waals surface area contributed by atoms with E-state index < -0.39 is 29.0 Å². The highest BCUT2D eigenvalue weighted by molar-refractivity contribution is 5.34. The zero-order valence-corrected chi connectivity index (χ0v) is 10.1. The lowest BCUT2D eigenvalue weighted by Crippen LogP contribution is -2.24. The van der Waals surface area contributed by atoms with E-state index in [4.69, 9.17) is 0 Å². The Morgan fingerprint density at radius 3 is 2.47 bits per heavy atom. The Balaban J connectivity index is 2.63. The third kappa shape index (κ3) is 5.21. The molecule has 0 atom stereocenters. The van der Waals surface area contributed by atoms with Crippen LogP contribution < -0.4 is 0 Å². The predicted octanol–water partition coefficient (Wildman–Crippen LogP) is 3.12. The molecule has 0 radical (unpaired) electrons. The smallest absolute Gasteiger partial charge is 0.302 e. The van der Waals surface area contributed by atoms with Crippen LogP contribution in [0.15, 0.2) is 18.2 Å². The maximum atomic E-state index is 13.3. The van der Waals surface area contributed by atoms with E-state index in [9.17, 15) is 27.7 Å². The van der Waals surface area contributed by atoms with Crippen molar-refractivity contribution in [2.75, 3.05) is 13.6 Å². The summed E-state index contributed by atoms with van der Waals surface area (Å²) in [4.78, 5) is 10.9. The van der Waals surface area contributed by atoms with Gasteiger partial charge in [-0.3, -0.25) is 10.1 Å². The van der Waals surface area contributed by atoms with Crippen LogP contribution in [-0.2, 0) is 6.54 Å². The second-order valence-corrected chi connectivity index (χ2v) is 4.15. The van der Waals surface area contributed by atoms with Crippen LogP contribution in [0, 0.1) is 15.9 Å². The van der Waals surface area contributed by atoms with Gasteiger partial charge >= 0.3 is 11.9 Å². The van der Waals surface area contributed by atoms with Crippen LogP contribution in [0.3, 0.4) is 0 Å². The molecule has 0 saturated carbocycles. The number of benzene rings is 1. The van der Waals surface area contributed by atoms with Crippen LogP contribution in [0.4, 0.5) is 23.2 Å². The van der Waals surface area contributed by atoms with Crippen molar-refractivity contribution in [3.63, 3.8) is 0 Å². The van der Waals surface area contributed by atoms with Crippen molar-refractivity contribution in [1.29, 1.82) is 0 Å². The number of alkyl halides is 3. The largest absolute Gasteiger partial charge is 0.390 e. The number of nitro groups is 1. The molecule has 0 amide bonds. The van der Waals surface area contributed by atoms with Crippen molar-refractivity contribution < 1.29 is 22.5 Å². The number of nitro benzene ring substituents is 1. The maximum absolute atomic E-state index is 13.3. The van der Waals surface area contributed by atoms with Crippen molar-refractivity contribution in [1.82, 2.24) is 4.90 Å². The molecule has 0 aliphatic heterocycles. The van der Waals surface area contributed by atoms with Gasteiger partial charge in [0.05, 0.1) is 11.3 Å². The Morgan fingerprint density at radius 1 is 1.37 bits per heavy atom. The van der Waals surface area contributed by atoms with Crippen LogP contribution in [0.25, 0.3) is 0 Å². The molecule has 4 nitrogen and oxygen atoms in total. The molecule has 106 valence electrons. The van der Waals surface area contributed by atoms with Crippen LogP contribution in [-0.4, -0.2) is 29.6 Å². The van der Waals surface area contributed by atoms with Gasteiger partial charge in [0.1, 0.15) is 0 Å². The molecule has 0 unspecified atom stereocenters. The van der Waals surface area contributed by atoms with E-state index in [1.54, 1.807) is 0 Å². The van der Waals surface area contributed by atoms with E-state index in [2.05, 4.69) is 0 Å². The summed E-state index contributed by atoms with van der Waals surface area (Å²) in [5.41, 5.74) is -0.269. The van der Waals surface area contributed by atoms with Gasteiger partial charge in [-0.15, -0.1) is 0 Å². The van der Waals surface area contributed by atoms with Crippen molar-refractivity contribution in [2.24, 2.45) is 0 Å². The molecular formula is C11H12F4N2O2. The summed E-state index contributed by atoms with van der Waals surface area (Å²) < 4.78 is 49.3. The molecule has 1 aromatic rings. The fourth-order valence-corrected chi connectivity index (χ4v) is 1.51. The summed E-state index contributed by atoms with van der Waals surface area (Å²) in [6.07, 6.45) is -5.20. The van der Waals surface area contributed by atoms with Gasteiger partial charge in [-0.1, -0.05) is 6.07 Å². The summed E-state index contributed by atoms with van der Waals surface area (Å²) in [6.45, 7) is -0.132. The minimum atomic E-state index is -4.24. The van der Waals surface area contributed by atoms with Crippen molar-refractivity contribution in [3.05, 3.63) is 39.7 Å². The van der Waals surface area contributed by atoms with Crippen LogP contribution >= 0.6 is 0 Å². The number of hydrogen-bond acceptors (Lipinski definition) is 3. The number of halogens is 4. The van der Waals surface area contributed by atoms with E-state index in [1.807, 2.05) is 0 Å². The first-order valence-electron chi connectivity index (χ1n) is 5.37. The Labute approximate surface area is 106 Å². The highest BCUT2D eigenvalue weighted by Gasteiger charge is 2.27. The van der Waals surface area contributed by atoms with E-state index in [-0.39, 0.29) is 13.1 Å². The van der Waals surface area contributed by atoms with E-state index in [0.717, 1.165) is 12.1 Å². The number of nitrogens with zero attached hydrogens (tertiary/aromatic N) is 2. The molecule has 0 aromatic heterocycles. The Kier molecular flexibility index (Phi) is 4.82. The molecule has 0 aliphatic carbocycles. The second kappa shape index (κ2) is 5.96. The lowest BCUT2D eigenvalue weighted by molar-refractivity contribution is -0.387. The van der Waals surface area contributed by atoms with Crippen LogP contribution in [0.2, 0.25) is 0 Å². The molecule has 1 rings (SSSR count). The molecule has 0 N–H and O–H groups in total. The fourth-order valence-electron chi connectivity index (χ4n) is 1.51. The van der Waals surface area contributed by atoms with E-state index in [0.29, 0.717) is 5.56 Å². The molecule has 0 aliphatic rings. The third-order valence-electron chi connectivity index (χ3n) is 2.44. The summed E-state index contributed by atoms with van der Waals surface area (Å²) in [6, 6.07) is 3.29. The van der Waals surface area contributed by atoms with Gasteiger partial charge in [-0.2, -0.15) is 17.6 Å². The molecule has 19 heavy (non-hydrogen) atoms. The molecule has 0 fully saturated rings. The zero-order valence-electron chi connectivity index (χ0n) is 10.1. The molecule has 0 saturated heterocycles. The first-order valence-corrected chi connectivity index (χ1v) is 5.37. The van der Waals surface area contributed by atoms with E-state index >= 15 is 0 Å². The molecule has 8 heteroatoms. The van der Waals surface area contributed by atoms with Crippen molar-refractivity contribution in [3.8, 4) is 0 Å². The Bertz CT molecular complexity index is 462. The first kappa shape index (κ1) is 15.4. The van der Waals surface area contributed by atoms with Crippen LogP contribution in [0.1, 0.15) is 12.0 Å². The first-order chi connectivity index (χ1) is 8.69. The summed E-state index contributed by atoms with van der Waals surface area (Å²) >= 11 is 0. The maximum Gasteiger partial charge on any atom is 0.390 e. The monoisotopic (exact) mass is 280 g/mol. The predicted molar refractivity (Wildman–Crippen MR) is 60.1 cm³/mol. The lowest BCUT2D eigenvalue weighted by Gasteiger charge is -2.17. The standard InChI is InChI=1S/C11H12F4N2O2/c1-16(5-4-11(13,14)15)7-8-2-3-10(17(18)19)9(12)6-8/h2-3,6H,4-5,7H2,1H3. The SMILES string of the molecule is CN(CCC(F)(F)F)Cc1ccc([N+](=O)[O-])c(F)c1. The van der Waals surface area contributed by atoms with Gasteiger partial charge in [-0.25, -0.2) is 0 Å². The second-order valence-electron chi connectivity index (χ2n) is 4.15. The van der Waals surface area contributed by atoms with Crippen molar-refractivity contribution >= 4 is 5.69 Å². The third-order valence-corrected chi connectivity index (χ3v) is 2.44. The minimum Gasteiger partial charge on any atom is -0.302 e. The minimum absolute atomic E-state index is 0.0883. The Hall–Kier alpha value is -1.70. The molecule has 1 aromatic carbocycles. The average molecular weight is 280 g/mol. The van der Waals surface area contributed by atoms with Gasteiger partial charge in [0.25, 0.3) is 0 Å². The highest BCUT2D eigenvalue weighted by atomic mass is 19.4. The fraction of sp³-hybridized carbons (Fsp3) is 0.455. The summed E-state index contributed by atoms with van der Waals surface area (Å²) in [7, 11) is 1.46. The normalized spacial score (nSPS) is 11.9. The van der Waals surface area contributed by atoms with Crippen molar-refractivity contribution in [2.45, 2.75) is 19.1 Å².